The molecule has 0 bridgehead atoms. The Morgan fingerprint density at radius 3 is 2.64 bits per heavy atom. The van der Waals surface area contributed by atoms with E-state index in [2.05, 4.69) is 16.0 Å². The van der Waals surface area contributed by atoms with Gasteiger partial charge in [-0.15, -0.1) is 12.4 Å². The number of rotatable bonds is 6. The minimum atomic E-state index is -0.0518. The Morgan fingerprint density at radius 1 is 1.32 bits per heavy atom. The van der Waals surface area contributed by atoms with Crippen molar-refractivity contribution in [2.24, 2.45) is 5.92 Å². The summed E-state index contributed by atoms with van der Waals surface area (Å²) in [5.41, 5.74) is 0.755. The molecule has 3 N–H and O–H groups in total. The van der Waals surface area contributed by atoms with Crippen molar-refractivity contribution in [1.29, 1.82) is 0 Å². The van der Waals surface area contributed by atoms with Crippen molar-refractivity contribution in [3.63, 3.8) is 0 Å². The highest BCUT2D eigenvalue weighted by molar-refractivity contribution is 5.92. The maximum Gasteiger partial charge on any atom is 0.228 e. The Balaban J connectivity index is 0.00000242. The Labute approximate surface area is 136 Å². The number of carbonyl (C=O) groups is 2. The van der Waals surface area contributed by atoms with Crippen molar-refractivity contribution < 1.29 is 14.3 Å². The standard InChI is InChI=1S/C15H21N3O3.ClH/c1-16-14(19)7-9-21-13-4-2-12(3-5-13)18-15(20)11-6-8-17-10-11;/h2-5,11,17H,6-10H2,1H3,(H,16,19)(H,18,20);1H. The van der Waals surface area contributed by atoms with Crippen LogP contribution in [0.2, 0.25) is 0 Å². The first-order valence-corrected chi connectivity index (χ1v) is 7.14. The molecule has 0 aliphatic carbocycles. The first-order chi connectivity index (χ1) is 10.2. The number of nitrogens with one attached hydrogen (secondary N) is 3. The molecule has 1 saturated heterocycles. The molecule has 7 heteroatoms. The van der Waals surface area contributed by atoms with Crippen molar-refractivity contribution >= 4 is 29.9 Å². The summed E-state index contributed by atoms with van der Waals surface area (Å²) in [7, 11) is 1.60. The Bertz CT molecular complexity index is 487. The largest absolute Gasteiger partial charge is 0.493 e. The quantitative estimate of drug-likeness (QED) is 0.733. The Kier molecular flexibility index (Phi) is 7.70. The fourth-order valence-corrected chi connectivity index (χ4v) is 2.14. The number of hydrogen-bond donors (Lipinski definition) is 3. The molecule has 2 amide bonds. The van der Waals surface area contributed by atoms with Gasteiger partial charge in [-0.3, -0.25) is 9.59 Å². The maximum atomic E-state index is 12.0. The Hall–Kier alpha value is -1.79. The summed E-state index contributed by atoms with van der Waals surface area (Å²) in [6, 6.07) is 7.17. The summed E-state index contributed by atoms with van der Waals surface area (Å²) in [4.78, 5) is 23.0. The van der Waals surface area contributed by atoms with Gasteiger partial charge in [0.05, 0.1) is 18.9 Å². The summed E-state index contributed by atoms with van der Waals surface area (Å²) in [6.07, 6.45) is 1.20. The highest BCUT2D eigenvalue weighted by Gasteiger charge is 2.22. The molecule has 1 atom stereocenters. The van der Waals surface area contributed by atoms with Crippen LogP contribution in [0.25, 0.3) is 0 Å². The highest BCUT2D eigenvalue weighted by Crippen LogP contribution is 2.17. The molecule has 1 aromatic rings. The molecule has 1 heterocycles. The monoisotopic (exact) mass is 327 g/mol. The minimum absolute atomic E-state index is 0. The predicted octanol–water partition coefficient (Wildman–Crippen LogP) is 1.17. The normalized spacial score (nSPS) is 16.5. The van der Waals surface area contributed by atoms with E-state index >= 15 is 0 Å². The highest BCUT2D eigenvalue weighted by atomic mass is 35.5. The van der Waals surface area contributed by atoms with Gasteiger partial charge < -0.3 is 20.7 Å². The summed E-state index contributed by atoms with van der Waals surface area (Å²) in [5, 5.41) is 8.60. The van der Waals surface area contributed by atoms with Gasteiger partial charge in [0.1, 0.15) is 5.75 Å². The van der Waals surface area contributed by atoms with Crippen LogP contribution in [0.3, 0.4) is 0 Å². The minimum Gasteiger partial charge on any atom is -0.493 e. The zero-order valence-electron chi connectivity index (χ0n) is 12.6. The topological polar surface area (TPSA) is 79.5 Å². The predicted molar refractivity (Wildman–Crippen MR) is 87.5 cm³/mol. The lowest BCUT2D eigenvalue weighted by Crippen LogP contribution is -2.24. The number of hydrogen-bond acceptors (Lipinski definition) is 4. The fourth-order valence-electron chi connectivity index (χ4n) is 2.14. The van der Waals surface area contributed by atoms with E-state index < -0.39 is 0 Å². The van der Waals surface area contributed by atoms with Gasteiger partial charge in [-0.05, 0) is 37.2 Å². The van der Waals surface area contributed by atoms with Crippen LogP contribution in [0.4, 0.5) is 5.69 Å². The first kappa shape index (κ1) is 18.3. The van der Waals surface area contributed by atoms with Gasteiger partial charge in [0.2, 0.25) is 11.8 Å². The summed E-state index contributed by atoms with van der Waals surface area (Å²) in [5.74, 6) is 0.727. The van der Waals surface area contributed by atoms with Gasteiger partial charge in [-0.2, -0.15) is 0 Å². The van der Waals surface area contributed by atoms with Gasteiger partial charge in [0.25, 0.3) is 0 Å². The molecule has 1 aliphatic heterocycles. The van der Waals surface area contributed by atoms with E-state index in [0.717, 1.165) is 25.2 Å². The van der Waals surface area contributed by atoms with Crippen molar-refractivity contribution in [2.75, 3.05) is 32.1 Å². The molecule has 0 aromatic heterocycles. The van der Waals surface area contributed by atoms with Gasteiger partial charge in [-0.25, -0.2) is 0 Å². The van der Waals surface area contributed by atoms with E-state index in [9.17, 15) is 9.59 Å². The van der Waals surface area contributed by atoms with Gasteiger partial charge >= 0.3 is 0 Å². The third kappa shape index (κ3) is 5.54. The molecule has 6 nitrogen and oxygen atoms in total. The molecule has 2 rings (SSSR count). The average molecular weight is 328 g/mol. The van der Waals surface area contributed by atoms with Crippen LogP contribution in [0.15, 0.2) is 24.3 Å². The number of amides is 2. The number of carbonyl (C=O) groups excluding carboxylic acids is 2. The zero-order chi connectivity index (χ0) is 15.1. The molecule has 0 saturated carbocycles. The summed E-state index contributed by atoms with van der Waals surface area (Å²) >= 11 is 0. The van der Waals surface area contributed by atoms with E-state index in [1.54, 1.807) is 31.3 Å². The second kappa shape index (κ2) is 9.27. The molecule has 1 aliphatic rings. The third-order valence-electron chi connectivity index (χ3n) is 3.43. The van der Waals surface area contributed by atoms with Gasteiger partial charge in [-0.1, -0.05) is 0 Å². The fraction of sp³-hybridized carbons (Fsp3) is 0.467. The van der Waals surface area contributed by atoms with Crippen molar-refractivity contribution in [3.05, 3.63) is 24.3 Å². The van der Waals surface area contributed by atoms with Crippen LogP contribution in [0.5, 0.6) is 5.75 Å². The smallest absolute Gasteiger partial charge is 0.228 e. The van der Waals surface area contributed by atoms with Gasteiger partial charge in [0, 0.05) is 19.3 Å². The van der Waals surface area contributed by atoms with Crippen molar-refractivity contribution in [3.8, 4) is 5.75 Å². The second-order valence-corrected chi connectivity index (χ2v) is 4.97. The number of ether oxygens (including phenoxy) is 1. The van der Waals surface area contributed by atoms with Crippen LogP contribution >= 0.6 is 12.4 Å². The summed E-state index contributed by atoms with van der Waals surface area (Å²) < 4.78 is 5.45. The average Bonchev–Trinajstić information content (AvgIpc) is 3.03. The lowest BCUT2D eigenvalue weighted by atomic mass is 10.1. The number of benzene rings is 1. The van der Waals surface area contributed by atoms with Crippen molar-refractivity contribution in [1.82, 2.24) is 10.6 Å². The van der Waals surface area contributed by atoms with Gasteiger partial charge in [0.15, 0.2) is 0 Å². The van der Waals surface area contributed by atoms with Crippen LogP contribution in [-0.4, -0.2) is 38.6 Å². The maximum absolute atomic E-state index is 12.0. The SMILES string of the molecule is CNC(=O)CCOc1ccc(NC(=O)C2CCNC2)cc1.Cl. The lowest BCUT2D eigenvalue weighted by Gasteiger charge is -2.11. The molecular weight excluding hydrogens is 306 g/mol. The van der Waals surface area contributed by atoms with Crippen molar-refractivity contribution in [2.45, 2.75) is 12.8 Å². The summed E-state index contributed by atoms with van der Waals surface area (Å²) in [6.45, 7) is 1.97. The molecular formula is C15H22ClN3O3. The molecule has 1 unspecified atom stereocenters. The third-order valence-corrected chi connectivity index (χ3v) is 3.43. The number of halogens is 1. The van der Waals surface area contributed by atoms with E-state index in [4.69, 9.17) is 4.74 Å². The zero-order valence-corrected chi connectivity index (χ0v) is 13.4. The van der Waals surface area contributed by atoms with Crippen LogP contribution in [0.1, 0.15) is 12.8 Å². The first-order valence-electron chi connectivity index (χ1n) is 7.14. The van der Waals surface area contributed by atoms with E-state index in [-0.39, 0.29) is 30.1 Å². The van der Waals surface area contributed by atoms with Crippen LogP contribution in [0, 0.1) is 5.92 Å². The van der Waals surface area contributed by atoms with E-state index in [1.807, 2.05) is 0 Å². The Morgan fingerprint density at radius 2 is 2.05 bits per heavy atom. The molecule has 1 aromatic carbocycles. The second-order valence-electron chi connectivity index (χ2n) is 4.97. The lowest BCUT2D eigenvalue weighted by molar-refractivity contribution is -0.121. The van der Waals surface area contributed by atoms with E-state index in [0.29, 0.717) is 18.8 Å². The molecule has 122 valence electrons. The molecule has 0 spiro atoms. The molecule has 1 fully saturated rings. The van der Waals surface area contributed by atoms with Crippen LogP contribution < -0.4 is 20.7 Å². The molecule has 0 radical (unpaired) electrons. The van der Waals surface area contributed by atoms with E-state index in [1.165, 1.54) is 0 Å². The van der Waals surface area contributed by atoms with Crippen LogP contribution in [-0.2, 0) is 9.59 Å². The molecule has 22 heavy (non-hydrogen) atoms. The number of anilines is 1.